The molecule has 2 rings (SSSR count). The molecule has 0 bridgehead atoms. The lowest BCUT2D eigenvalue weighted by Gasteiger charge is -2.10. The summed E-state index contributed by atoms with van der Waals surface area (Å²) in [6.45, 7) is 0.294. The first-order valence-corrected chi connectivity index (χ1v) is 6.88. The first-order chi connectivity index (χ1) is 10.2. The largest absolute Gasteiger partial charge is 0.495 e. The summed E-state index contributed by atoms with van der Waals surface area (Å²) in [5.74, 6) is 1.18. The second-order valence-electron chi connectivity index (χ2n) is 4.30. The van der Waals surface area contributed by atoms with Gasteiger partial charge in [0.2, 0.25) is 5.91 Å². The quantitative estimate of drug-likeness (QED) is 0.884. The molecule has 0 spiro atoms. The number of hydrogen-bond acceptors (Lipinski definition) is 3. The van der Waals surface area contributed by atoms with E-state index in [1.807, 2.05) is 12.1 Å². The number of carbonyl (C=O) groups excluding carboxylic acids is 1. The van der Waals surface area contributed by atoms with Gasteiger partial charge in [-0.25, -0.2) is 0 Å². The van der Waals surface area contributed by atoms with Crippen LogP contribution in [-0.4, -0.2) is 19.6 Å². The average Bonchev–Trinajstić information content (AvgIpc) is 2.50. The Kier molecular flexibility index (Phi) is 5.46. The molecular formula is C16H16ClNO3. The van der Waals surface area contributed by atoms with Gasteiger partial charge >= 0.3 is 0 Å². The third-order valence-electron chi connectivity index (χ3n) is 2.79. The number of ether oxygens (including phenoxy) is 2. The number of amides is 1. The highest BCUT2D eigenvalue weighted by Gasteiger charge is 2.07. The van der Waals surface area contributed by atoms with Crippen LogP contribution in [0.25, 0.3) is 0 Å². The fourth-order valence-electron chi connectivity index (χ4n) is 1.75. The summed E-state index contributed by atoms with van der Waals surface area (Å²) in [4.78, 5) is 11.9. The van der Waals surface area contributed by atoms with Gasteiger partial charge in [0.15, 0.2) is 0 Å². The van der Waals surface area contributed by atoms with Crippen molar-refractivity contribution in [2.45, 2.75) is 6.42 Å². The van der Waals surface area contributed by atoms with Gasteiger partial charge in [-0.15, -0.1) is 0 Å². The van der Waals surface area contributed by atoms with E-state index in [2.05, 4.69) is 5.32 Å². The molecule has 1 N–H and O–H groups in total. The molecule has 110 valence electrons. The van der Waals surface area contributed by atoms with Gasteiger partial charge in [-0.2, -0.15) is 0 Å². The van der Waals surface area contributed by atoms with Gasteiger partial charge in [-0.05, 0) is 36.4 Å². The van der Waals surface area contributed by atoms with Gasteiger partial charge in [-0.1, -0.05) is 23.7 Å². The molecule has 0 aromatic heterocycles. The molecule has 0 saturated heterocycles. The van der Waals surface area contributed by atoms with E-state index in [1.165, 1.54) is 0 Å². The Morgan fingerprint density at radius 2 is 1.86 bits per heavy atom. The highest BCUT2D eigenvalue weighted by atomic mass is 35.5. The van der Waals surface area contributed by atoms with E-state index in [9.17, 15) is 4.79 Å². The van der Waals surface area contributed by atoms with Crippen LogP contribution in [0.1, 0.15) is 6.42 Å². The Morgan fingerprint density at radius 3 is 2.57 bits per heavy atom. The molecule has 4 nitrogen and oxygen atoms in total. The number of carbonyl (C=O) groups is 1. The van der Waals surface area contributed by atoms with Crippen LogP contribution in [0.2, 0.25) is 5.02 Å². The van der Waals surface area contributed by atoms with Crippen LogP contribution in [0.15, 0.2) is 48.5 Å². The Morgan fingerprint density at radius 1 is 1.14 bits per heavy atom. The summed E-state index contributed by atoms with van der Waals surface area (Å²) in [7, 11) is 1.56. The maximum Gasteiger partial charge on any atom is 0.227 e. The van der Waals surface area contributed by atoms with Gasteiger partial charge in [0.25, 0.3) is 0 Å². The maximum absolute atomic E-state index is 11.9. The van der Waals surface area contributed by atoms with Crippen LogP contribution in [-0.2, 0) is 4.79 Å². The number of nitrogens with one attached hydrogen (secondary N) is 1. The van der Waals surface area contributed by atoms with E-state index in [4.69, 9.17) is 21.1 Å². The van der Waals surface area contributed by atoms with Gasteiger partial charge in [0.05, 0.1) is 25.8 Å². The fourth-order valence-corrected chi connectivity index (χ4v) is 1.88. The first kappa shape index (κ1) is 15.2. The van der Waals surface area contributed by atoms with Crippen molar-refractivity contribution in [3.63, 3.8) is 0 Å². The predicted molar refractivity (Wildman–Crippen MR) is 83.2 cm³/mol. The number of para-hydroxylation sites is 2. The second-order valence-corrected chi connectivity index (χ2v) is 4.74. The van der Waals surface area contributed by atoms with Crippen molar-refractivity contribution in [1.82, 2.24) is 0 Å². The Bertz CT molecular complexity index is 599. The van der Waals surface area contributed by atoms with Gasteiger partial charge in [-0.3, -0.25) is 4.79 Å². The van der Waals surface area contributed by atoms with E-state index in [0.29, 0.717) is 28.8 Å². The SMILES string of the molecule is COc1ccccc1NC(=O)CCOc1ccc(Cl)cc1. The number of halogens is 1. The van der Waals surface area contributed by atoms with Crippen LogP contribution in [0.5, 0.6) is 11.5 Å². The number of anilines is 1. The molecule has 0 atom stereocenters. The van der Waals surface area contributed by atoms with E-state index in [1.54, 1.807) is 43.5 Å². The van der Waals surface area contributed by atoms with E-state index >= 15 is 0 Å². The normalized spacial score (nSPS) is 10.0. The molecule has 0 aliphatic carbocycles. The van der Waals surface area contributed by atoms with Crippen molar-refractivity contribution in [1.29, 1.82) is 0 Å². The number of benzene rings is 2. The van der Waals surface area contributed by atoms with Crippen molar-refractivity contribution in [2.24, 2.45) is 0 Å². The summed E-state index contributed by atoms with van der Waals surface area (Å²) < 4.78 is 10.6. The number of rotatable bonds is 6. The van der Waals surface area contributed by atoms with Gasteiger partial charge in [0, 0.05) is 5.02 Å². The van der Waals surface area contributed by atoms with Crippen LogP contribution < -0.4 is 14.8 Å². The highest BCUT2D eigenvalue weighted by molar-refractivity contribution is 6.30. The molecule has 0 fully saturated rings. The molecule has 0 heterocycles. The zero-order valence-electron chi connectivity index (χ0n) is 11.6. The monoisotopic (exact) mass is 305 g/mol. The minimum atomic E-state index is -0.131. The molecule has 0 radical (unpaired) electrons. The molecule has 0 unspecified atom stereocenters. The van der Waals surface area contributed by atoms with Crippen molar-refractivity contribution in [3.05, 3.63) is 53.6 Å². The Hall–Kier alpha value is -2.20. The molecule has 0 saturated carbocycles. The van der Waals surface area contributed by atoms with E-state index in [0.717, 1.165) is 0 Å². The van der Waals surface area contributed by atoms with Crippen molar-refractivity contribution in [3.8, 4) is 11.5 Å². The van der Waals surface area contributed by atoms with Crippen LogP contribution >= 0.6 is 11.6 Å². The van der Waals surface area contributed by atoms with Crippen LogP contribution in [0, 0.1) is 0 Å². The minimum absolute atomic E-state index is 0.131. The third-order valence-corrected chi connectivity index (χ3v) is 3.04. The van der Waals surface area contributed by atoms with Crippen molar-refractivity contribution in [2.75, 3.05) is 19.0 Å². The van der Waals surface area contributed by atoms with Gasteiger partial charge < -0.3 is 14.8 Å². The average molecular weight is 306 g/mol. The maximum atomic E-state index is 11.9. The smallest absolute Gasteiger partial charge is 0.227 e. The molecule has 5 heteroatoms. The number of hydrogen-bond donors (Lipinski definition) is 1. The molecule has 21 heavy (non-hydrogen) atoms. The highest BCUT2D eigenvalue weighted by Crippen LogP contribution is 2.23. The summed E-state index contributed by atoms with van der Waals surface area (Å²) in [6, 6.07) is 14.3. The molecule has 2 aromatic rings. The number of methoxy groups -OCH3 is 1. The van der Waals surface area contributed by atoms with Crippen molar-refractivity contribution < 1.29 is 14.3 Å². The molecule has 0 aliphatic heterocycles. The Balaban J connectivity index is 1.81. The fraction of sp³-hybridized carbons (Fsp3) is 0.188. The summed E-state index contributed by atoms with van der Waals surface area (Å²) in [5, 5.41) is 3.44. The lowest BCUT2D eigenvalue weighted by molar-refractivity contribution is -0.116. The predicted octanol–water partition coefficient (Wildman–Crippen LogP) is 3.76. The van der Waals surface area contributed by atoms with Crippen LogP contribution in [0.4, 0.5) is 5.69 Å². The lowest BCUT2D eigenvalue weighted by atomic mass is 10.3. The van der Waals surface area contributed by atoms with Crippen molar-refractivity contribution >= 4 is 23.2 Å². The second kappa shape index (κ2) is 7.55. The van der Waals surface area contributed by atoms with Gasteiger partial charge in [0.1, 0.15) is 11.5 Å². The first-order valence-electron chi connectivity index (χ1n) is 6.50. The summed E-state index contributed by atoms with van der Waals surface area (Å²) in [6.07, 6.45) is 0.251. The molecule has 0 aliphatic rings. The zero-order valence-corrected chi connectivity index (χ0v) is 12.4. The zero-order chi connectivity index (χ0) is 15.1. The molecule has 1 amide bonds. The Labute approximate surface area is 128 Å². The standard InChI is InChI=1S/C16H16ClNO3/c1-20-15-5-3-2-4-14(15)18-16(19)10-11-21-13-8-6-12(17)7-9-13/h2-9H,10-11H2,1H3,(H,18,19). The summed E-state index contributed by atoms with van der Waals surface area (Å²) >= 11 is 5.78. The van der Waals surface area contributed by atoms with E-state index in [-0.39, 0.29) is 12.3 Å². The lowest BCUT2D eigenvalue weighted by Crippen LogP contribution is -2.15. The van der Waals surface area contributed by atoms with E-state index < -0.39 is 0 Å². The summed E-state index contributed by atoms with van der Waals surface area (Å²) in [5.41, 5.74) is 0.650. The minimum Gasteiger partial charge on any atom is -0.495 e. The topological polar surface area (TPSA) is 47.6 Å². The third kappa shape index (κ3) is 4.68. The van der Waals surface area contributed by atoms with Crippen LogP contribution in [0.3, 0.4) is 0 Å². The molecular weight excluding hydrogens is 290 g/mol. The molecule has 2 aromatic carbocycles.